The van der Waals surface area contributed by atoms with Crippen LogP contribution in [0.25, 0.3) is 0 Å². The zero-order valence-electron chi connectivity index (χ0n) is 3.64. The van der Waals surface area contributed by atoms with Gasteiger partial charge in [-0.3, -0.25) is 0 Å². The summed E-state index contributed by atoms with van der Waals surface area (Å²) in [6.07, 6.45) is 0. The molecule has 56 valence electrons. The van der Waals surface area contributed by atoms with Crippen LogP contribution in [0.3, 0.4) is 0 Å². The van der Waals surface area contributed by atoms with E-state index in [2.05, 4.69) is 0 Å². The van der Waals surface area contributed by atoms with Gasteiger partial charge in [-0.05, 0) is 0 Å². The van der Waals surface area contributed by atoms with Crippen LogP contribution in [0.4, 0.5) is 0 Å². The molecular formula is Gd2O5Ta2. The Hall–Kier alpha value is 3.93. The first kappa shape index (κ1) is 119. The van der Waals surface area contributed by atoms with E-state index in [0.29, 0.717) is 0 Å². The van der Waals surface area contributed by atoms with Crippen LogP contribution in [-0.4, -0.2) is 0 Å². The van der Waals surface area contributed by atoms with Crippen molar-refractivity contribution in [2.45, 2.75) is 0 Å². The van der Waals surface area contributed by atoms with Crippen molar-refractivity contribution in [1.82, 2.24) is 0 Å². The molecule has 0 radical (unpaired) electrons. The van der Waals surface area contributed by atoms with Crippen LogP contribution in [-0.2, 0) is 72.1 Å². The van der Waals surface area contributed by atoms with E-state index in [0.717, 1.165) is 0 Å². The van der Waals surface area contributed by atoms with E-state index in [1.807, 2.05) is 0 Å². The summed E-state index contributed by atoms with van der Waals surface area (Å²) in [5.41, 5.74) is 0. The summed E-state index contributed by atoms with van der Waals surface area (Å²) >= 11 is 0. The van der Waals surface area contributed by atoms with E-state index in [-0.39, 0.29) is 152 Å². The second kappa shape index (κ2) is 92.3. The zero-order chi connectivity index (χ0) is 0. The van der Waals surface area contributed by atoms with Crippen molar-refractivity contribution < 1.29 is 152 Å². The second-order valence-corrected chi connectivity index (χ2v) is 0. The van der Waals surface area contributed by atoms with E-state index < -0.39 is 0 Å². The summed E-state index contributed by atoms with van der Waals surface area (Å²) in [5, 5.41) is 0. The molecule has 0 unspecified atom stereocenters. The standard InChI is InChI=1S/2Gd.5O.2Ta/q;;5*-2;2*+5. The quantitative estimate of drug-likeness (QED) is 0.312. The Labute approximate surface area is 148 Å². The Morgan fingerprint density at radius 1 is 0.333 bits per heavy atom. The third-order valence-electron chi connectivity index (χ3n) is 0. The Kier molecular flexibility index (Phi) is 1220. The summed E-state index contributed by atoms with van der Waals surface area (Å²) in [7, 11) is 0. The van der Waals surface area contributed by atoms with Crippen LogP contribution in [0.2, 0.25) is 0 Å². The maximum absolute atomic E-state index is 0. The fraction of sp³-hybridized carbons (Fsp3) is 0. The van der Waals surface area contributed by atoms with E-state index >= 15 is 0 Å². The van der Waals surface area contributed by atoms with Crippen molar-refractivity contribution in [2.24, 2.45) is 0 Å². The molecule has 0 aromatic rings. The molecule has 0 atom stereocenters. The van der Waals surface area contributed by atoms with Crippen LogP contribution < -0.4 is 0 Å². The smallest absolute Gasteiger partial charge is 2.00 e. The molecule has 0 saturated carbocycles. The molecule has 0 aromatic heterocycles. The monoisotopic (exact) mass is 758 g/mol. The van der Waals surface area contributed by atoms with E-state index in [1.54, 1.807) is 0 Å². The maximum Gasteiger partial charge on any atom is 5.00 e. The molecule has 0 heterocycles. The van der Waals surface area contributed by atoms with Crippen molar-refractivity contribution in [2.75, 3.05) is 0 Å². The molecule has 5 nitrogen and oxygen atoms in total. The van der Waals surface area contributed by atoms with Gasteiger partial charge in [-0.2, -0.15) is 0 Å². The molecule has 0 amide bonds. The minimum Gasteiger partial charge on any atom is -2.00 e. The van der Waals surface area contributed by atoms with Gasteiger partial charge in [0.25, 0.3) is 0 Å². The molecule has 0 aliphatic carbocycles. The summed E-state index contributed by atoms with van der Waals surface area (Å²) < 4.78 is 0. The van der Waals surface area contributed by atoms with Gasteiger partial charge in [0.15, 0.2) is 0 Å². The normalized spacial score (nSPS) is 0. The SMILES string of the molecule is [Gd].[Gd].[O-2].[O-2].[O-2].[O-2].[O-2].[Ta+5].[Ta+5]. The van der Waals surface area contributed by atoms with Gasteiger partial charge >= 0.3 is 44.8 Å². The predicted octanol–water partition coefficient (Wildman–Crippen LogP) is -0.599. The molecule has 9 heteroatoms. The molecule has 0 N–H and O–H groups in total. The summed E-state index contributed by atoms with van der Waals surface area (Å²) in [4.78, 5) is 0. The Morgan fingerprint density at radius 2 is 0.333 bits per heavy atom. The van der Waals surface area contributed by atoms with Gasteiger partial charge in [0.05, 0.1) is 0 Å². The van der Waals surface area contributed by atoms with Crippen molar-refractivity contribution in [1.29, 1.82) is 0 Å². The molecule has 0 fully saturated rings. The summed E-state index contributed by atoms with van der Waals surface area (Å²) in [6.45, 7) is 0. The third-order valence-corrected chi connectivity index (χ3v) is 0. The van der Waals surface area contributed by atoms with Gasteiger partial charge < -0.3 is 27.4 Å². The Balaban J connectivity index is 0. The number of rotatable bonds is 0. The van der Waals surface area contributed by atoms with Gasteiger partial charge in [0.2, 0.25) is 0 Å². The number of hydrogen-bond donors (Lipinski definition) is 0. The molecular weight excluding hydrogens is 756 g/mol. The van der Waals surface area contributed by atoms with Crippen LogP contribution in [0.1, 0.15) is 0 Å². The minimum absolute atomic E-state index is 0. The fourth-order valence-corrected chi connectivity index (χ4v) is 0. The fourth-order valence-electron chi connectivity index (χ4n) is 0. The second-order valence-electron chi connectivity index (χ2n) is 0. The number of hydrogen-bond acceptors (Lipinski definition) is 0. The molecule has 0 aliphatic heterocycles. The first-order valence-electron chi connectivity index (χ1n) is 0. The van der Waals surface area contributed by atoms with Crippen LogP contribution in [0.15, 0.2) is 0 Å². The van der Waals surface area contributed by atoms with Gasteiger partial charge in [0, 0.05) is 79.9 Å². The predicted molar refractivity (Wildman–Crippen MR) is 3.43 cm³/mol. The van der Waals surface area contributed by atoms with Crippen molar-refractivity contribution in [3.63, 3.8) is 0 Å². The van der Waals surface area contributed by atoms with Crippen LogP contribution >= 0.6 is 0 Å². The molecule has 0 rings (SSSR count). The molecule has 0 bridgehead atoms. The van der Waals surface area contributed by atoms with Gasteiger partial charge in [0.1, 0.15) is 0 Å². The first-order valence-corrected chi connectivity index (χ1v) is 0. The molecule has 0 aliphatic rings. The van der Waals surface area contributed by atoms with Crippen molar-refractivity contribution in [3.05, 3.63) is 0 Å². The largest absolute Gasteiger partial charge is 5.00 e. The summed E-state index contributed by atoms with van der Waals surface area (Å²) in [5.74, 6) is 0. The van der Waals surface area contributed by atoms with E-state index in [1.165, 1.54) is 0 Å². The van der Waals surface area contributed by atoms with E-state index in [4.69, 9.17) is 0 Å². The Morgan fingerprint density at radius 3 is 0.333 bits per heavy atom. The molecule has 0 spiro atoms. The molecule has 9 heavy (non-hydrogen) atoms. The zero-order valence-corrected chi connectivity index (χ0v) is 14.6. The molecule has 0 aromatic carbocycles. The average molecular weight is 756 g/mol. The van der Waals surface area contributed by atoms with Gasteiger partial charge in [-0.1, -0.05) is 0 Å². The van der Waals surface area contributed by atoms with E-state index in [9.17, 15) is 0 Å². The van der Waals surface area contributed by atoms with Crippen LogP contribution in [0.5, 0.6) is 0 Å². The Bertz CT molecular complexity index is 12.9. The van der Waals surface area contributed by atoms with Gasteiger partial charge in [-0.15, -0.1) is 0 Å². The maximum atomic E-state index is 0. The summed E-state index contributed by atoms with van der Waals surface area (Å²) in [6, 6.07) is 0. The molecule has 0 saturated heterocycles. The minimum atomic E-state index is 0. The first-order chi connectivity index (χ1) is 0. The average Bonchev–Trinajstić information content (AvgIpc) is 0. The third kappa shape index (κ3) is 76.2. The van der Waals surface area contributed by atoms with Gasteiger partial charge in [-0.25, -0.2) is 0 Å². The van der Waals surface area contributed by atoms with Crippen molar-refractivity contribution >= 4 is 0 Å². The van der Waals surface area contributed by atoms with Crippen molar-refractivity contribution in [3.8, 4) is 0 Å². The topological polar surface area (TPSA) is 142 Å². The van der Waals surface area contributed by atoms with Crippen LogP contribution in [0, 0.1) is 79.9 Å².